The molecular formula is C12H19NO2. The molecule has 3 nitrogen and oxygen atoms in total. The highest BCUT2D eigenvalue weighted by Gasteiger charge is 2.05. The van der Waals surface area contributed by atoms with Gasteiger partial charge < -0.3 is 15.5 Å². The minimum atomic E-state index is -0.468. The van der Waals surface area contributed by atoms with Crippen LogP contribution in [0.5, 0.6) is 0 Å². The Morgan fingerprint density at radius 3 is 2.53 bits per heavy atom. The first-order chi connectivity index (χ1) is 7.24. The van der Waals surface area contributed by atoms with Gasteiger partial charge in [-0.15, -0.1) is 0 Å². The van der Waals surface area contributed by atoms with Gasteiger partial charge in [0.2, 0.25) is 0 Å². The summed E-state index contributed by atoms with van der Waals surface area (Å²) in [6.07, 6.45) is 0.255. The van der Waals surface area contributed by atoms with E-state index in [1.54, 1.807) is 0 Å². The molecule has 3 heteroatoms. The fourth-order valence-corrected chi connectivity index (χ4v) is 1.35. The molecule has 0 saturated heterocycles. The van der Waals surface area contributed by atoms with Crippen LogP contribution in [0.25, 0.3) is 0 Å². The molecule has 1 atom stereocenters. The fraction of sp³-hybridized carbons (Fsp3) is 0.500. The summed E-state index contributed by atoms with van der Waals surface area (Å²) in [6, 6.07) is 7.86. The minimum Gasteiger partial charge on any atom is -0.396 e. The smallest absolute Gasteiger partial charge is 0.0914 e. The van der Waals surface area contributed by atoms with Crippen molar-refractivity contribution in [1.82, 2.24) is 5.32 Å². The van der Waals surface area contributed by atoms with Crippen LogP contribution in [0.3, 0.4) is 0 Å². The van der Waals surface area contributed by atoms with E-state index in [0.29, 0.717) is 6.54 Å². The molecule has 0 amide bonds. The molecule has 1 rings (SSSR count). The first-order valence-corrected chi connectivity index (χ1v) is 5.30. The zero-order chi connectivity index (χ0) is 11.1. The fourth-order valence-electron chi connectivity index (χ4n) is 1.35. The quantitative estimate of drug-likeness (QED) is 0.613. The third kappa shape index (κ3) is 4.42. The number of aliphatic hydroxyl groups excluding tert-OH is 2. The molecule has 0 aliphatic rings. The van der Waals surface area contributed by atoms with Gasteiger partial charge in [0.1, 0.15) is 0 Å². The monoisotopic (exact) mass is 209 g/mol. The highest BCUT2D eigenvalue weighted by molar-refractivity contribution is 5.23. The van der Waals surface area contributed by atoms with Crippen molar-refractivity contribution in [2.24, 2.45) is 0 Å². The second kappa shape index (κ2) is 6.56. The summed E-state index contributed by atoms with van der Waals surface area (Å²) in [7, 11) is 0. The Morgan fingerprint density at radius 1 is 1.27 bits per heavy atom. The van der Waals surface area contributed by atoms with Gasteiger partial charge in [-0.2, -0.15) is 0 Å². The molecule has 0 heterocycles. The van der Waals surface area contributed by atoms with E-state index in [1.165, 1.54) is 5.56 Å². The van der Waals surface area contributed by atoms with Gasteiger partial charge in [0.15, 0.2) is 0 Å². The number of benzene rings is 1. The SMILES string of the molecule is Cc1ccc(C(O)CNCCCO)cc1. The Kier molecular flexibility index (Phi) is 5.32. The largest absolute Gasteiger partial charge is 0.396 e. The van der Waals surface area contributed by atoms with E-state index >= 15 is 0 Å². The molecular weight excluding hydrogens is 190 g/mol. The topological polar surface area (TPSA) is 52.5 Å². The van der Waals surface area contributed by atoms with Gasteiger partial charge in [0.05, 0.1) is 6.10 Å². The van der Waals surface area contributed by atoms with Crippen LogP contribution in [0.15, 0.2) is 24.3 Å². The van der Waals surface area contributed by atoms with Crippen LogP contribution in [-0.4, -0.2) is 29.9 Å². The average molecular weight is 209 g/mol. The lowest BCUT2D eigenvalue weighted by Crippen LogP contribution is -2.23. The predicted octanol–water partition coefficient (Wildman–Crippen LogP) is 1.00. The molecule has 0 bridgehead atoms. The Labute approximate surface area is 90.8 Å². The van der Waals surface area contributed by atoms with Crippen molar-refractivity contribution in [1.29, 1.82) is 0 Å². The van der Waals surface area contributed by atoms with Crippen LogP contribution in [0, 0.1) is 6.92 Å². The predicted molar refractivity (Wildman–Crippen MR) is 60.7 cm³/mol. The molecule has 1 unspecified atom stereocenters. The molecule has 1 aromatic rings. The van der Waals surface area contributed by atoms with Crippen molar-refractivity contribution in [3.8, 4) is 0 Å². The standard InChI is InChI=1S/C12H19NO2/c1-10-3-5-11(6-4-10)12(15)9-13-7-2-8-14/h3-6,12-15H,2,7-9H2,1H3. The summed E-state index contributed by atoms with van der Waals surface area (Å²) in [4.78, 5) is 0. The van der Waals surface area contributed by atoms with Gasteiger partial charge in [-0.25, -0.2) is 0 Å². The zero-order valence-corrected chi connectivity index (χ0v) is 9.11. The maximum Gasteiger partial charge on any atom is 0.0914 e. The third-order valence-electron chi connectivity index (χ3n) is 2.31. The highest BCUT2D eigenvalue weighted by Crippen LogP contribution is 2.12. The summed E-state index contributed by atoms with van der Waals surface area (Å²) in [5.41, 5.74) is 2.12. The van der Waals surface area contributed by atoms with Crippen molar-refractivity contribution < 1.29 is 10.2 Å². The molecule has 84 valence electrons. The number of nitrogens with one attached hydrogen (secondary N) is 1. The van der Waals surface area contributed by atoms with E-state index in [-0.39, 0.29) is 6.61 Å². The van der Waals surface area contributed by atoms with Gasteiger partial charge in [0, 0.05) is 13.2 Å². The first-order valence-electron chi connectivity index (χ1n) is 5.30. The van der Waals surface area contributed by atoms with E-state index in [4.69, 9.17) is 5.11 Å². The third-order valence-corrected chi connectivity index (χ3v) is 2.31. The average Bonchev–Trinajstić information content (AvgIpc) is 2.25. The summed E-state index contributed by atoms with van der Waals surface area (Å²) >= 11 is 0. The van der Waals surface area contributed by atoms with E-state index in [1.807, 2.05) is 31.2 Å². The number of aliphatic hydroxyl groups is 2. The van der Waals surface area contributed by atoms with E-state index in [2.05, 4.69) is 5.32 Å². The number of hydrogen-bond donors (Lipinski definition) is 3. The number of rotatable bonds is 6. The molecule has 0 aliphatic heterocycles. The lowest BCUT2D eigenvalue weighted by atomic mass is 10.1. The maximum absolute atomic E-state index is 9.79. The summed E-state index contributed by atoms with van der Waals surface area (Å²) in [5.74, 6) is 0. The minimum absolute atomic E-state index is 0.188. The molecule has 15 heavy (non-hydrogen) atoms. The van der Waals surface area contributed by atoms with Crippen molar-refractivity contribution >= 4 is 0 Å². The van der Waals surface area contributed by atoms with Crippen molar-refractivity contribution in [3.63, 3.8) is 0 Å². The van der Waals surface area contributed by atoms with Crippen molar-refractivity contribution in [2.45, 2.75) is 19.4 Å². The van der Waals surface area contributed by atoms with E-state index < -0.39 is 6.10 Å². The molecule has 1 aromatic carbocycles. The molecule has 3 N–H and O–H groups in total. The van der Waals surface area contributed by atoms with Gasteiger partial charge >= 0.3 is 0 Å². The summed E-state index contributed by atoms with van der Waals surface area (Å²) < 4.78 is 0. The lowest BCUT2D eigenvalue weighted by Gasteiger charge is -2.12. The van der Waals surface area contributed by atoms with Crippen molar-refractivity contribution in [3.05, 3.63) is 35.4 Å². The van der Waals surface area contributed by atoms with Crippen LogP contribution in [-0.2, 0) is 0 Å². The Hall–Kier alpha value is -0.900. The molecule has 0 aliphatic carbocycles. The molecule has 0 fully saturated rings. The Bertz CT molecular complexity index is 271. The first kappa shape index (κ1) is 12.2. The van der Waals surface area contributed by atoms with Crippen LogP contribution in [0.4, 0.5) is 0 Å². The van der Waals surface area contributed by atoms with Gasteiger partial charge in [-0.1, -0.05) is 29.8 Å². The molecule has 0 radical (unpaired) electrons. The normalized spacial score (nSPS) is 12.7. The molecule has 0 aromatic heterocycles. The molecule has 0 saturated carbocycles. The van der Waals surface area contributed by atoms with Gasteiger partial charge in [-0.05, 0) is 25.5 Å². The second-order valence-corrected chi connectivity index (χ2v) is 3.71. The summed E-state index contributed by atoms with van der Waals surface area (Å²) in [6.45, 7) is 3.48. The van der Waals surface area contributed by atoms with Crippen LogP contribution >= 0.6 is 0 Å². The zero-order valence-electron chi connectivity index (χ0n) is 9.11. The van der Waals surface area contributed by atoms with Crippen molar-refractivity contribution in [2.75, 3.05) is 19.7 Å². The lowest BCUT2D eigenvalue weighted by molar-refractivity contribution is 0.173. The van der Waals surface area contributed by atoms with E-state index in [9.17, 15) is 5.11 Å². The van der Waals surface area contributed by atoms with Crippen LogP contribution < -0.4 is 5.32 Å². The van der Waals surface area contributed by atoms with Crippen LogP contribution in [0.2, 0.25) is 0 Å². The molecule has 0 spiro atoms. The Balaban J connectivity index is 2.33. The second-order valence-electron chi connectivity index (χ2n) is 3.71. The maximum atomic E-state index is 9.79. The van der Waals surface area contributed by atoms with E-state index in [0.717, 1.165) is 18.5 Å². The van der Waals surface area contributed by atoms with Gasteiger partial charge in [0.25, 0.3) is 0 Å². The van der Waals surface area contributed by atoms with Crippen LogP contribution in [0.1, 0.15) is 23.7 Å². The highest BCUT2D eigenvalue weighted by atomic mass is 16.3. The van der Waals surface area contributed by atoms with Gasteiger partial charge in [-0.3, -0.25) is 0 Å². The summed E-state index contributed by atoms with van der Waals surface area (Å²) in [5, 5.41) is 21.5. The number of aryl methyl sites for hydroxylation is 1. The number of hydrogen-bond acceptors (Lipinski definition) is 3. The Morgan fingerprint density at radius 2 is 1.93 bits per heavy atom.